The lowest BCUT2D eigenvalue weighted by Crippen LogP contribution is -2.60. The molecule has 5 rings (SSSR count). The van der Waals surface area contributed by atoms with E-state index in [0.29, 0.717) is 50.3 Å². The van der Waals surface area contributed by atoms with Gasteiger partial charge in [0.05, 0.1) is 36.7 Å². The van der Waals surface area contributed by atoms with Gasteiger partial charge in [0.1, 0.15) is 17.4 Å². The Kier molecular flexibility index (Phi) is 10.1. The predicted molar refractivity (Wildman–Crippen MR) is 174 cm³/mol. The van der Waals surface area contributed by atoms with Gasteiger partial charge in [0, 0.05) is 24.8 Å². The molecule has 1 aromatic carbocycles. The number of carbonyl (C=O) groups is 3. The summed E-state index contributed by atoms with van der Waals surface area (Å²) in [6.07, 6.45) is 10.6. The third-order valence-corrected chi connectivity index (χ3v) is 10.9. The van der Waals surface area contributed by atoms with Crippen LogP contribution in [0.3, 0.4) is 0 Å². The summed E-state index contributed by atoms with van der Waals surface area (Å²) in [5.74, 6) is -1.54. The Morgan fingerprint density at radius 3 is 2.33 bits per heavy atom. The van der Waals surface area contributed by atoms with E-state index in [2.05, 4.69) is 13.2 Å². The molecule has 9 nitrogen and oxygen atoms in total. The third kappa shape index (κ3) is 5.50. The molecule has 3 amide bonds. The van der Waals surface area contributed by atoms with Crippen LogP contribution in [0.1, 0.15) is 78.6 Å². The lowest BCUT2D eigenvalue weighted by atomic mass is 9.64. The average Bonchev–Trinajstić information content (AvgIpc) is 3.67. The summed E-state index contributed by atoms with van der Waals surface area (Å²) in [6.45, 7) is 14.6. The number of fused-ring (bicyclic) bond motifs is 1. The lowest BCUT2D eigenvalue weighted by molar-refractivity contribution is -0.157. The van der Waals surface area contributed by atoms with Gasteiger partial charge in [-0.1, -0.05) is 45.3 Å². The summed E-state index contributed by atoms with van der Waals surface area (Å²) in [5, 5.41) is 10.5. The molecule has 3 heterocycles. The topological polar surface area (TPSA) is 99.6 Å². The predicted octanol–water partition coefficient (Wildman–Crippen LogP) is 4.88. The van der Waals surface area contributed by atoms with E-state index in [-0.39, 0.29) is 36.9 Å². The summed E-state index contributed by atoms with van der Waals surface area (Å²) >= 11 is 0. The van der Waals surface area contributed by atoms with E-state index in [1.165, 1.54) is 0 Å². The van der Waals surface area contributed by atoms with Crippen molar-refractivity contribution >= 4 is 23.4 Å². The van der Waals surface area contributed by atoms with Crippen molar-refractivity contribution in [2.24, 2.45) is 11.8 Å². The van der Waals surface area contributed by atoms with Gasteiger partial charge in [0.15, 0.2) is 0 Å². The van der Waals surface area contributed by atoms with Gasteiger partial charge < -0.3 is 29.3 Å². The highest BCUT2D eigenvalue weighted by Gasteiger charge is 2.79. The van der Waals surface area contributed by atoms with Gasteiger partial charge in [-0.3, -0.25) is 14.4 Å². The van der Waals surface area contributed by atoms with Gasteiger partial charge in [-0.2, -0.15) is 0 Å². The fourth-order valence-electron chi connectivity index (χ4n) is 8.73. The van der Waals surface area contributed by atoms with Crippen molar-refractivity contribution in [1.29, 1.82) is 0 Å². The number of nitrogens with zero attached hydrogens (tertiary/aromatic N) is 3. The number of benzene rings is 1. The molecule has 45 heavy (non-hydrogen) atoms. The van der Waals surface area contributed by atoms with Crippen LogP contribution in [-0.4, -0.2) is 88.3 Å². The SMILES string of the molecule is C=CCN(C(=O)[C@@H]1[C@H]2C(=O)N([C@@H](CC)CO)C(C(=O)N(CC=C)C3CCCCC3)C23CC[C@@]1(CC)O3)c1ccc(OCC)cc1. The molecule has 2 bridgehead atoms. The first kappa shape index (κ1) is 33.2. The van der Waals surface area contributed by atoms with Gasteiger partial charge in [0.25, 0.3) is 0 Å². The number of anilines is 1. The highest BCUT2D eigenvalue weighted by atomic mass is 16.5. The summed E-state index contributed by atoms with van der Waals surface area (Å²) in [7, 11) is 0. The smallest absolute Gasteiger partial charge is 0.248 e. The fraction of sp³-hybridized carbons (Fsp3) is 0.639. The number of rotatable bonds is 14. The molecule has 246 valence electrons. The molecule has 3 aliphatic heterocycles. The second-order valence-corrected chi connectivity index (χ2v) is 13.1. The zero-order valence-electron chi connectivity index (χ0n) is 27.3. The summed E-state index contributed by atoms with van der Waals surface area (Å²) in [6, 6.07) is 5.94. The molecule has 9 heteroatoms. The number of hydrogen-bond acceptors (Lipinski definition) is 6. The molecule has 4 aliphatic rings. The molecule has 0 radical (unpaired) electrons. The molecule has 1 spiro atoms. The molecule has 1 aliphatic carbocycles. The van der Waals surface area contributed by atoms with Crippen LogP contribution in [0.15, 0.2) is 49.6 Å². The van der Waals surface area contributed by atoms with E-state index in [9.17, 15) is 19.5 Å². The van der Waals surface area contributed by atoms with E-state index >= 15 is 0 Å². The molecule has 6 atom stereocenters. The Hall–Kier alpha value is -3.17. The van der Waals surface area contributed by atoms with Crippen LogP contribution < -0.4 is 9.64 Å². The number of ether oxygens (including phenoxy) is 2. The van der Waals surface area contributed by atoms with E-state index in [4.69, 9.17) is 9.47 Å². The lowest BCUT2D eigenvalue weighted by Gasteiger charge is -2.42. The quantitative estimate of drug-likeness (QED) is 0.298. The van der Waals surface area contributed by atoms with E-state index in [1.54, 1.807) is 22.0 Å². The minimum absolute atomic E-state index is 0.0600. The van der Waals surface area contributed by atoms with Crippen LogP contribution >= 0.6 is 0 Å². The molecule has 4 fully saturated rings. The number of carbonyl (C=O) groups excluding carboxylic acids is 3. The standard InChI is InChI=1S/C36H51N3O6/c1-6-22-37(27-16-18-28(19-17-27)44-10-5)32(41)29-30-33(42)39(25(8-3)24-40)31(36(30)21-20-35(29,9-4)45-36)34(43)38(23-7-2)26-14-12-11-13-15-26/h6-7,16-19,25-26,29-31,40H,1-2,8-15,20-24H2,3-5H3/t25-,29-,30-,31?,35+,36?/m0/s1. The van der Waals surface area contributed by atoms with Crippen LogP contribution in [0.4, 0.5) is 5.69 Å². The zero-order valence-corrected chi connectivity index (χ0v) is 27.3. The number of likely N-dealkylation sites (tertiary alicyclic amines) is 1. The number of aliphatic hydroxyl groups excluding tert-OH is 1. The van der Waals surface area contributed by atoms with Crippen LogP contribution in [-0.2, 0) is 19.1 Å². The van der Waals surface area contributed by atoms with E-state index in [1.807, 2.05) is 49.9 Å². The minimum atomic E-state index is -1.15. The van der Waals surface area contributed by atoms with Gasteiger partial charge in [-0.05, 0) is 69.7 Å². The second kappa shape index (κ2) is 13.7. The zero-order chi connectivity index (χ0) is 32.4. The largest absolute Gasteiger partial charge is 0.494 e. The number of aliphatic hydroxyl groups is 1. The first-order valence-electron chi connectivity index (χ1n) is 17.0. The van der Waals surface area contributed by atoms with Crippen molar-refractivity contribution in [2.75, 3.05) is 31.2 Å². The van der Waals surface area contributed by atoms with Crippen molar-refractivity contribution in [2.45, 2.75) is 108 Å². The van der Waals surface area contributed by atoms with E-state index in [0.717, 1.165) is 32.1 Å². The normalized spacial score (nSPS) is 29.7. The molecular weight excluding hydrogens is 570 g/mol. The molecule has 2 unspecified atom stereocenters. The minimum Gasteiger partial charge on any atom is -0.494 e. The first-order chi connectivity index (χ1) is 21.8. The monoisotopic (exact) mass is 621 g/mol. The highest BCUT2D eigenvalue weighted by molar-refractivity contribution is 6.03. The molecule has 1 aromatic rings. The van der Waals surface area contributed by atoms with Crippen LogP contribution in [0.5, 0.6) is 5.75 Å². The average molecular weight is 622 g/mol. The van der Waals surface area contributed by atoms with Gasteiger partial charge in [0.2, 0.25) is 17.7 Å². The Morgan fingerprint density at radius 1 is 1.07 bits per heavy atom. The Labute approximate surface area is 268 Å². The second-order valence-electron chi connectivity index (χ2n) is 13.1. The first-order valence-corrected chi connectivity index (χ1v) is 17.0. The molecule has 1 saturated carbocycles. The van der Waals surface area contributed by atoms with Crippen LogP contribution in [0, 0.1) is 11.8 Å². The molecule has 0 aromatic heterocycles. The third-order valence-electron chi connectivity index (χ3n) is 10.9. The molecular formula is C36H51N3O6. The maximum atomic E-state index is 14.9. The highest BCUT2D eigenvalue weighted by Crippen LogP contribution is 2.65. The van der Waals surface area contributed by atoms with Crippen molar-refractivity contribution in [3.63, 3.8) is 0 Å². The maximum Gasteiger partial charge on any atom is 0.248 e. The summed E-state index contributed by atoms with van der Waals surface area (Å²) in [5.41, 5.74) is -1.35. The van der Waals surface area contributed by atoms with Crippen LogP contribution in [0.2, 0.25) is 0 Å². The van der Waals surface area contributed by atoms with Gasteiger partial charge in [-0.15, -0.1) is 13.2 Å². The molecule has 1 N–H and O–H groups in total. The molecule has 3 saturated heterocycles. The van der Waals surface area contributed by atoms with Crippen molar-refractivity contribution in [3.8, 4) is 5.75 Å². The summed E-state index contributed by atoms with van der Waals surface area (Å²) in [4.78, 5) is 49.6. The van der Waals surface area contributed by atoms with Crippen molar-refractivity contribution in [1.82, 2.24) is 9.80 Å². The summed E-state index contributed by atoms with van der Waals surface area (Å²) < 4.78 is 12.7. The van der Waals surface area contributed by atoms with E-state index < -0.39 is 35.1 Å². The van der Waals surface area contributed by atoms with Crippen LogP contribution in [0.25, 0.3) is 0 Å². The Morgan fingerprint density at radius 2 is 1.76 bits per heavy atom. The Balaban J connectivity index is 1.59. The number of amides is 3. The fourth-order valence-corrected chi connectivity index (χ4v) is 8.73. The van der Waals surface area contributed by atoms with Gasteiger partial charge in [-0.25, -0.2) is 0 Å². The van der Waals surface area contributed by atoms with Crippen molar-refractivity contribution in [3.05, 3.63) is 49.6 Å². The Bertz CT molecular complexity index is 1260. The maximum absolute atomic E-state index is 14.9. The van der Waals surface area contributed by atoms with Crippen molar-refractivity contribution < 1.29 is 29.0 Å². The van der Waals surface area contributed by atoms with Gasteiger partial charge >= 0.3 is 0 Å². The number of hydrogen-bond donors (Lipinski definition) is 1.